The molecule has 0 saturated heterocycles. The van der Waals surface area contributed by atoms with Crippen molar-refractivity contribution in [3.05, 3.63) is 33.3 Å². The third-order valence-electron chi connectivity index (χ3n) is 3.10. The van der Waals surface area contributed by atoms with Crippen molar-refractivity contribution in [3.63, 3.8) is 0 Å². The van der Waals surface area contributed by atoms with Crippen molar-refractivity contribution in [2.45, 2.75) is 40.7 Å². The number of rotatable bonds is 6. The smallest absolute Gasteiger partial charge is 0.360 e. The highest BCUT2D eigenvalue weighted by atomic mass is 32.1. The fourth-order valence-corrected chi connectivity index (χ4v) is 2.79. The summed E-state index contributed by atoms with van der Waals surface area (Å²) in [5.74, 6) is -0.0873. The highest BCUT2D eigenvalue weighted by Gasteiger charge is 2.18. The molecule has 0 aromatic carbocycles. The van der Waals surface area contributed by atoms with E-state index >= 15 is 0 Å². The van der Waals surface area contributed by atoms with Crippen LogP contribution in [0.15, 0.2) is 12.1 Å². The minimum absolute atomic E-state index is 0.308. The van der Waals surface area contributed by atoms with Crippen LogP contribution in [0.1, 0.15) is 46.7 Å². The van der Waals surface area contributed by atoms with E-state index in [-0.39, 0.29) is 0 Å². The third kappa shape index (κ3) is 3.91. The van der Waals surface area contributed by atoms with Crippen LogP contribution in [0.3, 0.4) is 0 Å². The number of aryl methyl sites for hydroxylation is 1. The Morgan fingerprint density at radius 2 is 2.10 bits per heavy atom. The van der Waals surface area contributed by atoms with E-state index in [0.29, 0.717) is 24.8 Å². The van der Waals surface area contributed by atoms with Crippen molar-refractivity contribution in [1.82, 2.24) is 15.0 Å². The number of carbonyl (C=O) groups excluding carboxylic acids is 1. The van der Waals surface area contributed by atoms with Crippen molar-refractivity contribution in [2.75, 3.05) is 6.61 Å². The number of esters is 1. The van der Waals surface area contributed by atoms with E-state index in [4.69, 9.17) is 4.74 Å². The van der Waals surface area contributed by atoms with E-state index in [2.05, 4.69) is 29.4 Å². The molecule has 0 spiro atoms. The summed E-state index contributed by atoms with van der Waals surface area (Å²) in [6.45, 7) is 9.02. The molecule has 0 unspecified atom stereocenters. The van der Waals surface area contributed by atoms with Gasteiger partial charge in [-0.3, -0.25) is 0 Å². The van der Waals surface area contributed by atoms with E-state index < -0.39 is 5.97 Å². The lowest BCUT2D eigenvalue weighted by molar-refractivity contribution is 0.0451. The van der Waals surface area contributed by atoms with Crippen LogP contribution in [0, 0.1) is 12.8 Å². The molecule has 2 heterocycles. The Kier molecular flexibility index (Phi) is 5.12. The molecule has 21 heavy (non-hydrogen) atoms. The second-order valence-electron chi connectivity index (χ2n) is 5.39. The second kappa shape index (κ2) is 6.85. The van der Waals surface area contributed by atoms with Gasteiger partial charge in [-0.15, -0.1) is 16.4 Å². The quantitative estimate of drug-likeness (QED) is 0.770. The minimum Gasteiger partial charge on any atom is -0.461 e. The van der Waals surface area contributed by atoms with E-state index in [9.17, 15) is 4.79 Å². The van der Waals surface area contributed by atoms with Gasteiger partial charge in [-0.05, 0) is 31.4 Å². The Morgan fingerprint density at radius 1 is 1.38 bits per heavy atom. The second-order valence-corrected chi connectivity index (χ2v) is 6.65. The molecular formula is C15H21N3O2S. The first-order valence-corrected chi connectivity index (χ1v) is 7.97. The summed E-state index contributed by atoms with van der Waals surface area (Å²) in [7, 11) is 0. The lowest BCUT2D eigenvalue weighted by Gasteiger charge is -2.06. The maximum absolute atomic E-state index is 12.0. The number of carbonyl (C=O) groups is 1. The first-order chi connectivity index (χ1) is 10.0. The molecular weight excluding hydrogens is 286 g/mol. The molecule has 0 aliphatic carbocycles. The van der Waals surface area contributed by atoms with Crippen LogP contribution < -0.4 is 0 Å². The molecule has 0 saturated carbocycles. The number of hydrogen-bond donors (Lipinski definition) is 0. The fraction of sp³-hybridized carbons (Fsp3) is 0.533. The summed E-state index contributed by atoms with van der Waals surface area (Å²) < 4.78 is 6.95. The number of nitrogens with zero attached hydrogens (tertiary/aromatic N) is 3. The van der Waals surface area contributed by atoms with Gasteiger partial charge in [0.2, 0.25) is 0 Å². The molecule has 5 nitrogen and oxygen atoms in total. The molecule has 0 amide bonds. The Hall–Kier alpha value is -1.69. The first kappa shape index (κ1) is 15.7. The van der Waals surface area contributed by atoms with Gasteiger partial charge in [0.05, 0.1) is 18.8 Å². The Balaban J connectivity index is 2.07. The lowest BCUT2D eigenvalue weighted by Crippen LogP contribution is -2.12. The van der Waals surface area contributed by atoms with Gasteiger partial charge in [0.25, 0.3) is 0 Å². The van der Waals surface area contributed by atoms with Gasteiger partial charge in [0.1, 0.15) is 0 Å². The average Bonchev–Trinajstić information content (AvgIpc) is 3.04. The van der Waals surface area contributed by atoms with Crippen molar-refractivity contribution in [3.8, 4) is 0 Å². The molecule has 0 fully saturated rings. The molecule has 0 bridgehead atoms. The van der Waals surface area contributed by atoms with Crippen LogP contribution in [0.5, 0.6) is 0 Å². The normalized spacial score (nSPS) is 11.1. The maximum atomic E-state index is 12.0. The van der Waals surface area contributed by atoms with Gasteiger partial charge < -0.3 is 4.74 Å². The van der Waals surface area contributed by atoms with Gasteiger partial charge in [-0.25, -0.2) is 9.48 Å². The van der Waals surface area contributed by atoms with Crippen LogP contribution in [0.4, 0.5) is 0 Å². The average molecular weight is 307 g/mol. The Labute approximate surface area is 128 Å². The number of ether oxygens (including phenoxy) is 1. The van der Waals surface area contributed by atoms with Gasteiger partial charge >= 0.3 is 5.97 Å². The van der Waals surface area contributed by atoms with Crippen LogP contribution in [-0.2, 0) is 17.7 Å². The highest BCUT2D eigenvalue weighted by Crippen LogP contribution is 2.19. The Morgan fingerprint density at radius 3 is 2.71 bits per heavy atom. The zero-order valence-electron chi connectivity index (χ0n) is 12.9. The summed E-state index contributed by atoms with van der Waals surface area (Å²) in [5.41, 5.74) is 1.05. The summed E-state index contributed by atoms with van der Waals surface area (Å²) in [4.78, 5) is 14.5. The Bertz CT molecular complexity index is 616. The molecule has 2 rings (SSSR count). The SMILES string of the molecule is CCc1ccc(Cn2nnc(C(=O)OCC(C)C)c2C)s1. The maximum Gasteiger partial charge on any atom is 0.360 e. The molecule has 0 N–H and O–H groups in total. The largest absolute Gasteiger partial charge is 0.461 e. The minimum atomic E-state index is -0.395. The molecule has 2 aromatic rings. The predicted molar refractivity (Wildman–Crippen MR) is 82.7 cm³/mol. The topological polar surface area (TPSA) is 57.0 Å². The lowest BCUT2D eigenvalue weighted by atomic mass is 10.2. The summed E-state index contributed by atoms with van der Waals surface area (Å²) >= 11 is 1.76. The summed E-state index contributed by atoms with van der Waals surface area (Å²) in [5, 5.41) is 8.03. The van der Waals surface area contributed by atoms with E-state index in [0.717, 1.165) is 12.1 Å². The number of thiophene rings is 1. The van der Waals surface area contributed by atoms with Crippen LogP contribution in [-0.4, -0.2) is 27.6 Å². The molecule has 0 aliphatic heterocycles. The van der Waals surface area contributed by atoms with Crippen LogP contribution in [0.2, 0.25) is 0 Å². The fourth-order valence-electron chi connectivity index (χ4n) is 1.85. The summed E-state index contributed by atoms with van der Waals surface area (Å²) in [6, 6.07) is 4.23. The van der Waals surface area contributed by atoms with E-state index in [1.807, 2.05) is 20.8 Å². The zero-order valence-corrected chi connectivity index (χ0v) is 13.7. The van der Waals surface area contributed by atoms with Crippen LogP contribution >= 0.6 is 11.3 Å². The zero-order chi connectivity index (χ0) is 15.4. The number of aromatic nitrogens is 3. The molecule has 0 aliphatic rings. The highest BCUT2D eigenvalue weighted by molar-refractivity contribution is 7.11. The van der Waals surface area contributed by atoms with Gasteiger partial charge in [0, 0.05) is 9.75 Å². The van der Waals surface area contributed by atoms with Gasteiger partial charge in [-0.2, -0.15) is 0 Å². The molecule has 114 valence electrons. The first-order valence-electron chi connectivity index (χ1n) is 7.16. The van der Waals surface area contributed by atoms with Crippen molar-refractivity contribution < 1.29 is 9.53 Å². The molecule has 0 atom stereocenters. The monoisotopic (exact) mass is 307 g/mol. The van der Waals surface area contributed by atoms with E-state index in [1.165, 1.54) is 9.75 Å². The van der Waals surface area contributed by atoms with Crippen LogP contribution in [0.25, 0.3) is 0 Å². The van der Waals surface area contributed by atoms with Gasteiger partial charge in [0.15, 0.2) is 5.69 Å². The number of hydrogen-bond acceptors (Lipinski definition) is 5. The van der Waals surface area contributed by atoms with Crippen molar-refractivity contribution in [2.24, 2.45) is 5.92 Å². The molecule has 6 heteroatoms. The van der Waals surface area contributed by atoms with E-state index in [1.54, 1.807) is 16.0 Å². The third-order valence-corrected chi connectivity index (χ3v) is 4.31. The molecule has 2 aromatic heterocycles. The standard InChI is InChI=1S/C15H21N3O2S/c1-5-12-6-7-13(21-12)8-18-11(4)14(16-17-18)15(19)20-9-10(2)3/h6-7,10H,5,8-9H2,1-4H3. The molecule has 0 radical (unpaired) electrons. The van der Waals surface area contributed by atoms with Gasteiger partial charge in [-0.1, -0.05) is 26.0 Å². The summed E-state index contributed by atoms with van der Waals surface area (Å²) in [6.07, 6.45) is 1.04. The van der Waals surface area contributed by atoms with Crippen molar-refractivity contribution in [1.29, 1.82) is 0 Å². The predicted octanol–water partition coefficient (Wildman–Crippen LogP) is 3.07. The van der Waals surface area contributed by atoms with Crippen molar-refractivity contribution >= 4 is 17.3 Å².